The van der Waals surface area contributed by atoms with Gasteiger partial charge in [-0.3, -0.25) is 19.2 Å². The van der Waals surface area contributed by atoms with Crippen LogP contribution in [0, 0.1) is 13.8 Å². The zero-order valence-electron chi connectivity index (χ0n) is 46.5. The normalized spacial score (nSPS) is 14.9. The maximum Gasteiger partial charge on any atom is 0.446 e. The van der Waals surface area contributed by atoms with Crippen LogP contribution in [0.4, 0.5) is 26.3 Å². The monoisotopic (exact) mass is 1290 g/mol. The van der Waals surface area contributed by atoms with Crippen LogP contribution in [0.25, 0.3) is 22.5 Å². The lowest BCUT2D eigenvalue weighted by atomic mass is 9.86. The van der Waals surface area contributed by atoms with Gasteiger partial charge in [0.15, 0.2) is 0 Å². The average molecular weight is 1290 g/mol. The second-order valence-electron chi connectivity index (χ2n) is 21.9. The predicted octanol–water partition coefficient (Wildman–Crippen LogP) is 15.9. The first kappa shape index (κ1) is 65.2. The molecule has 0 atom stereocenters. The van der Waals surface area contributed by atoms with Crippen molar-refractivity contribution in [2.24, 2.45) is 0 Å². The van der Waals surface area contributed by atoms with E-state index in [-0.39, 0.29) is 99.4 Å². The number of carbonyl (C=O) groups is 4. The number of ether oxygens (including phenoxy) is 1. The number of benzene rings is 2. The molecule has 26 heteroatoms. The molecule has 0 spiro atoms. The van der Waals surface area contributed by atoms with Crippen LogP contribution < -0.4 is 0 Å². The lowest BCUT2D eigenvalue weighted by Gasteiger charge is -2.31. The molecule has 2 saturated heterocycles. The Morgan fingerprint density at radius 3 is 1.44 bits per heavy atom. The van der Waals surface area contributed by atoms with Gasteiger partial charge in [0, 0.05) is 68.7 Å². The number of amides is 2. The summed E-state index contributed by atoms with van der Waals surface area (Å²) >= 11 is 18.3. The standard InChI is InChI=1S/C29H33ClF3N3O3S3.C27H29ClF3N3O3S3/c1-6-39-24(38)14-21-16(2)34-22(40-21)15-23(37)36-9-7-17(8-10-36)27-35-25(26(30)41-27)18-11-19(28(3,4)5)13-20(12-18)42-29(31,32)33;1-14-19(12-22(36)37)32-20(38-14)13-21(35)34-7-5-15(6-8-34)25-33-23(24(28)39-25)16-9-17(26(2,3)4)11-18(10-16)40-27(29,30)31/h11-13,17H,6-10,14-15H2,1-5H3;9-11,15H,5-8,12-13H2,1-4H3,(H,36,37). The van der Waals surface area contributed by atoms with E-state index in [1.165, 1.54) is 57.5 Å². The lowest BCUT2D eigenvalue weighted by Crippen LogP contribution is -2.38. The van der Waals surface area contributed by atoms with E-state index in [4.69, 9.17) is 43.0 Å². The Morgan fingerprint density at radius 1 is 0.622 bits per heavy atom. The molecule has 6 heterocycles. The molecule has 0 bridgehead atoms. The highest BCUT2D eigenvalue weighted by atomic mass is 35.5. The highest BCUT2D eigenvalue weighted by molar-refractivity contribution is 8.00. The first-order valence-electron chi connectivity index (χ1n) is 26.2. The number of thiazole rings is 4. The molecule has 0 radical (unpaired) electrons. The number of aliphatic carboxylic acids is 1. The minimum atomic E-state index is -4.41. The third-order valence-corrected chi connectivity index (χ3v) is 20.0. The molecule has 8 rings (SSSR count). The van der Waals surface area contributed by atoms with Crippen LogP contribution in [0.5, 0.6) is 0 Å². The summed E-state index contributed by atoms with van der Waals surface area (Å²) in [6, 6.07) is 9.85. The van der Waals surface area contributed by atoms with Gasteiger partial charge in [0.1, 0.15) is 30.1 Å². The summed E-state index contributed by atoms with van der Waals surface area (Å²) in [4.78, 5) is 72.6. The Hall–Kier alpha value is -4.30. The molecule has 0 unspecified atom stereocenters. The van der Waals surface area contributed by atoms with Crippen LogP contribution in [0.3, 0.4) is 0 Å². The summed E-state index contributed by atoms with van der Waals surface area (Å²) in [5.74, 6) is -1.16. The van der Waals surface area contributed by atoms with Gasteiger partial charge >= 0.3 is 23.0 Å². The summed E-state index contributed by atoms with van der Waals surface area (Å²) in [7, 11) is 0. The minimum Gasteiger partial charge on any atom is -0.481 e. The number of thioether (sulfide) groups is 2. The summed E-state index contributed by atoms with van der Waals surface area (Å²) in [6.07, 6.45) is 3.08. The van der Waals surface area contributed by atoms with E-state index in [1.54, 1.807) is 30.9 Å². The van der Waals surface area contributed by atoms with E-state index in [0.29, 0.717) is 105 Å². The predicted molar refractivity (Wildman–Crippen MR) is 316 cm³/mol. The number of esters is 1. The van der Waals surface area contributed by atoms with Crippen molar-refractivity contribution in [3.63, 3.8) is 0 Å². The maximum absolute atomic E-state index is 13.2. The summed E-state index contributed by atoms with van der Waals surface area (Å²) < 4.78 is 85.0. The number of nitrogens with zero attached hydrogens (tertiary/aromatic N) is 6. The SMILES string of the molecule is CCOC(=O)Cc1sc(CC(=O)N2CCC(c3nc(-c4cc(SC(F)(F)F)cc(C(C)(C)C)c4)c(Cl)s3)CC2)nc1C.Cc1sc(CC(=O)N2CCC(c3nc(-c4cc(SC(F)(F)F)cc(C(C)(C)C)c4)c(Cl)s3)CC2)nc1CC(=O)O. The molecule has 0 saturated carbocycles. The van der Waals surface area contributed by atoms with Gasteiger partial charge in [-0.05, 0) is 128 Å². The van der Waals surface area contributed by atoms with Gasteiger partial charge in [-0.25, -0.2) is 19.9 Å². The highest BCUT2D eigenvalue weighted by Gasteiger charge is 2.34. The average Bonchev–Trinajstić information content (AvgIpc) is 4.26. The van der Waals surface area contributed by atoms with Crippen LogP contribution in [0.1, 0.15) is 138 Å². The number of carboxylic acid groups (broad SMARTS) is 1. The number of alkyl halides is 6. The van der Waals surface area contributed by atoms with E-state index in [1.807, 2.05) is 65.5 Å². The minimum absolute atomic E-state index is 0.0172. The van der Waals surface area contributed by atoms with Crippen molar-refractivity contribution in [3.05, 3.63) is 97.4 Å². The molecule has 2 fully saturated rings. The van der Waals surface area contributed by atoms with Crippen LogP contribution in [0.15, 0.2) is 46.2 Å². The van der Waals surface area contributed by atoms with Crippen molar-refractivity contribution < 1.29 is 55.4 Å². The molecule has 0 aliphatic carbocycles. The number of piperidine rings is 2. The molecule has 2 aliphatic rings. The largest absolute Gasteiger partial charge is 0.481 e. The van der Waals surface area contributed by atoms with Crippen molar-refractivity contribution in [1.82, 2.24) is 29.7 Å². The van der Waals surface area contributed by atoms with Crippen LogP contribution in [-0.4, -0.2) is 102 Å². The van der Waals surface area contributed by atoms with E-state index in [0.717, 1.165) is 36.6 Å². The quantitative estimate of drug-likeness (QED) is 0.0591. The third-order valence-electron chi connectivity index (χ3n) is 13.6. The van der Waals surface area contributed by atoms with Gasteiger partial charge < -0.3 is 19.6 Å². The highest BCUT2D eigenvalue weighted by Crippen LogP contribution is 2.46. The number of hydrogen-bond acceptors (Lipinski definition) is 15. The molecular formula is C56H62Cl2F6N6O6S6. The van der Waals surface area contributed by atoms with Gasteiger partial charge in [0.2, 0.25) is 11.8 Å². The Balaban J connectivity index is 0.000000236. The molecule has 82 heavy (non-hydrogen) atoms. The van der Waals surface area contributed by atoms with Crippen molar-refractivity contribution >= 4 is 116 Å². The van der Waals surface area contributed by atoms with E-state index in [9.17, 15) is 45.5 Å². The fourth-order valence-corrected chi connectivity index (χ4v) is 15.2. The van der Waals surface area contributed by atoms with Gasteiger partial charge in [-0.2, -0.15) is 26.3 Å². The number of likely N-dealkylation sites (tertiary alicyclic amines) is 2. The van der Waals surface area contributed by atoms with Crippen molar-refractivity contribution in [2.45, 2.75) is 157 Å². The summed E-state index contributed by atoms with van der Waals surface area (Å²) in [6.45, 7) is 19.6. The second kappa shape index (κ2) is 27.0. The molecule has 2 aliphatic heterocycles. The number of carbonyl (C=O) groups excluding carboxylic acids is 3. The van der Waals surface area contributed by atoms with Gasteiger partial charge in [-0.15, -0.1) is 45.3 Å². The molecule has 2 amide bonds. The van der Waals surface area contributed by atoms with E-state index in [2.05, 4.69) is 9.97 Å². The molecule has 1 N–H and O–H groups in total. The second-order valence-corrected chi connectivity index (χ2v) is 29.9. The third kappa shape index (κ3) is 18.1. The van der Waals surface area contributed by atoms with Gasteiger partial charge in [0.05, 0.1) is 53.7 Å². The zero-order valence-corrected chi connectivity index (χ0v) is 52.9. The van der Waals surface area contributed by atoms with E-state index < -0.39 is 17.0 Å². The number of carboxylic acids is 1. The van der Waals surface area contributed by atoms with Crippen molar-refractivity contribution in [1.29, 1.82) is 0 Å². The first-order chi connectivity index (χ1) is 38.2. The fourth-order valence-electron chi connectivity index (χ4n) is 9.24. The summed E-state index contributed by atoms with van der Waals surface area (Å²) in [5, 5.41) is 11.9. The number of halogens is 8. The molecule has 6 aromatic rings. The molecule has 4 aromatic heterocycles. The number of aryl methyl sites for hydroxylation is 2. The first-order valence-corrected chi connectivity index (χ1v) is 31.9. The Kier molecular flexibility index (Phi) is 21.4. The van der Waals surface area contributed by atoms with Crippen LogP contribution in [-0.2, 0) is 60.4 Å². The molecule has 2 aromatic carbocycles. The molecular weight excluding hydrogens is 1230 g/mol. The van der Waals surface area contributed by atoms with E-state index >= 15 is 0 Å². The van der Waals surface area contributed by atoms with Crippen molar-refractivity contribution in [2.75, 3.05) is 32.8 Å². The maximum atomic E-state index is 13.2. The van der Waals surface area contributed by atoms with Crippen molar-refractivity contribution in [3.8, 4) is 22.5 Å². The fraction of sp³-hybridized carbons (Fsp3) is 0.500. The lowest BCUT2D eigenvalue weighted by molar-refractivity contribution is -0.142. The molecule has 444 valence electrons. The Morgan fingerprint density at radius 2 is 1.05 bits per heavy atom. The smallest absolute Gasteiger partial charge is 0.446 e. The van der Waals surface area contributed by atoms with Crippen LogP contribution in [0.2, 0.25) is 8.67 Å². The van der Waals surface area contributed by atoms with Gasteiger partial charge in [0.25, 0.3) is 0 Å². The topological polar surface area (TPSA) is 156 Å². The zero-order chi connectivity index (χ0) is 60.2. The molecule has 12 nitrogen and oxygen atoms in total. The van der Waals surface area contributed by atoms with Gasteiger partial charge in [-0.1, -0.05) is 64.7 Å². The Bertz CT molecular complexity index is 3280. The number of hydrogen-bond donors (Lipinski definition) is 1. The number of rotatable bonds is 15. The summed E-state index contributed by atoms with van der Waals surface area (Å²) in [5.41, 5.74) is -4.68. The van der Waals surface area contributed by atoms with Crippen LogP contribution >= 0.6 is 92.1 Å². The number of aromatic nitrogens is 4. The Labute approximate surface area is 507 Å².